The Morgan fingerprint density at radius 2 is 1.61 bits per heavy atom. The highest BCUT2D eigenvalue weighted by Crippen LogP contribution is 2.47. The quantitative estimate of drug-likeness (QED) is 0.612. The highest BCUT2D eigenvalue weighted by molar-refractivity contribution is 5.79. The SMILES string of the molecule is Cc1ncccc1C1(O)CC2CCC(C1)N2C(=O)OCC1c2ccccc2-c2ccccc21. The Balaban J connectivity index is 1.19. The fourth-order valence-corrected chi connectivity index (χ4v) is 6.39. The summed E-state index contributed by atoms with van der Waals surface area (Å²) in [5, 5.41) is 11.5. The molecule has 2 fully saturated rings. The smallest absolute Gasteiger partial charge is 0.410 e. The van der Waals surface area contributed by atoms with Crippen LogP contribution in [-0.4, -0.2) is 39.8 Å². The lowest BCUT2D eigenvalue weighted by Gasteiger charge is -2.43. The summed E-state index contributed by atoms with van der Waals surface area (Å²) in [4.78, 5) is 19.5. The zero-order chi connectivity index (χ0) is 22.6. The van der Waals surface area contributed by atoms with Gasteiger partial charge in [0.05, 0.1) is 5.60 Å². The van der Waals surface area contributed by atoms with Crippen molar-refractivity contribution in [3.63, 3.8) is 0 Å². The number of carbonyl (C=O) groups is 1. The number of benzene rings is 2. The Morgan fingerprint density at radius 3 is 2.21 bits per heavy atom. The molecule has 0 spiro atoms. The number of hydrogen-bond acceptors (Lipinski definition) is 4. The summed E-state index contributed by atoms with van der Waals surface area (Å²) in [6.45, 7) is 2.27. The predicted octanol–water partition coefficient (Wildman–Crippen LogP) is 5.15. The summed E-state index contributed by atoms with van der Waals surface area (Å²) in [5.74, 6) is 0.0544. The van der Waals surface area contributed by atoms with Gasteiger partial charge in [-0.25, -0.2) is 4.79 Å². The van der Waals surface area contributed by atoms with E-state index in [-0.39, 0.29) is 24.1 Å². The van der Waals surface area contributed by atoms with Gasteiger partial charge in [0.1, 0.15) is 6.61 Å². The predicted molar refractivity (Wildman–Crippen MR) is 126 cm³/mol. The number of piperidine rings is 1. The van der Waals surface area contributed by atoms with Gasteiger partial charge < -0.3 is 14.7 Å². The molecule has 2 aromatic carbocycles. The van der Waals surface area contributed by atoms with Crippen LogP contribution in [0.25, 0.3) is 11.1 Å². The third-order valence-electron chi connectivity index (χ3n) is 7.82. The molecule has 3 aliphatic rings. The summed E-state index contributed by atoms with van der Waals surface area (Å²) >= 11 is 0. The molecule has 2 bridgehead atoms. The molecule has 168 valence electrons. The minimum atomic E-state index is -0.940. The minimum Gasteiger partial charge on any atom is -0.448 e. The van der Waals surface area contributed by atoms with Gasteiger partial charge in [0, 0.05) is 48.3 Å². The molecule has 1 amide bonds. The first-order valence-corrected chi connectivity index (χ1v) is 11.8. The molecule has 1 aromatic heterocycles. The number of amides is 1. The van der Waals surface area contributed by atoms with Crippen LogP contribution >= 0.6 is 0 Å². The zero-order valence-corrected chi connectivity index (χ0v) is 18.8. The topological polar surface area (TPSA) is 62.7 Å². The molecule has 2 atom stereocenters. The van der Waals surface area contributed by atoms with E-state index in [0.29, 0.717) is 19.4 Å². The minimum absolute atomic E-state index is 0.0102. The maximum absolute atomic E-state index is 13.3. The first kappa shape index (κ1) is 20.4. The van der Waals surface area contributed by atoms with Gasteiger partial charge in [0.2, 0.25) is 0 Å². The summed E-state index contributed by atoms with van der Waals surface area (Å²) in [5.41, 5.74) is 5.69. The van der Waals surface area contributed by atoms with Crippen LogP contribution in [0, 0.1) is 6.92 Å². The zero-order valence-electron chi connectivity index (χ0n) is 18.8. The van der Waals surface area contributed by atoms with E-state index in [1.165, 1.54) is 22.3 Å². The molecule has 33 heavy (non-hydrogen) atoms. The van der Waals surface area contributed by atoms with Crippen LogP contribution in [0.2, 0.25) is 0 Å². The van der Waals surface area contributed by atoms with Crippen molar-refractivity contribution >= 4 is 6.09 Å². The Hall–Kier alpha value is -3.18. The average molecular weight is 441 g/mol. The number of aliphatic hydroxyl groups is 1. The summed E-state index contributed by atoms with van der Waals surface area (Å²) < 4.78 is 5.95. The molecule has 1 aliphatic carbocycles. The van der Waals surface area contributed by atoms with E-state index in [1.54, 1.807) is 6.20 Å². The lowest BCUT2D eigenvalue weighted by atomic mass is 9.80. The van der Waals surface area contributed by atoms with E-state index in [4.69, 9.17) is 4.74 Å². The van der Waals surface area contributed by atoms with Crippen molar-refractivity contribution in [2.45, 2.75) is 56.2 Å². The molecule has 2 aliphatic heterocycles. The van der Waals surface area contributed by atoms with Gasteiger partial charge in [-0.1, -0.05) is 54.6 Å². The molecule has 5 nitrogen and oxygen atoms in total. The lowest BCUT2D eigenvalue weighted by molar-refractivity contribution is -0.0537. The van der Waals surface area contributed by atoms with Crippen LogP contribution in [0.4, 0.5) is 4.79 Å². The Bertz CT molecular complexity index is 1160. The van der Waals surface area contributed by atoms with Crippen molar-refractivity contribution in [1.82, 2.24) is 9.88 Å². The summed E-state index contributed by atoms with van der Waals surface area (Å²) in [6, 6.07) is 20.6. The Labute approximate surface area is 194 Å². The summed E-state index contributed by atoms with van der Waals surface area (Å²) in [6.07, 6.45) is 4.35. The van der Waals surface area contributed by atoms with Crippen molar-refractivity contribution in [2.24, 2.45) is 0 Å². The van der Waals surface area contributed by atoms with Crippen LogP contribution in [0.3, 0.4) is 0 Å². The maximum Gasteiger partial charge on any atom is 0.410 e. The van der Waals surface area contributed by atoms with Gasteiger partial charge in [0.15, 0.2) is 0 Å². The van der Waals surface area contributed by atoms with Gasteiger partial charge in [0.25, 0.3) is 0 Å². The van der Waals surface area contributed by atoms with Gasteiger partial charge in [-0.2, -0.15) is 0 Å². The molecule has 0 saturated carbocycles. The number of hydrogen-bond donors (Lipinski definition) is 1. The number of rotatable bonds is 3. The van der Waals surface area contributed by atoms with Crippen LogP contribution in [0.15, 0.2) is 66.9 Å². The molecule has 2 saturated heterocycles. The van der Waals surface area contributed by atoms with Gasteiger partial charge >= 0.3 is 6.09 Å². The fourth-order valence-electron chi connectivity index (χ4n) is 6.39. The number of nitrogens with zero attached hydrogens (tertiary/aromatic N) is 2. The number of fused-ring (bicyclic) bond motifs is 5. The molecule has 5 heteroatoms. The third-order valence-corrected chi connectivity index (χ3v) is 7.82. The van der Waals surface area contributed by atoms with Crippen molar-refractivity contribution in [1.29, 1.82) is 0 Å². The van der Waals surface area contributed by atoms with E-state index in [1.807, 2.05) is 36.1 Å². The molecule has 0 radical (unpaired) electrons. The van der Waals surface area contributed by atoms with Crippen molar-refractivity contribution in [3.05, 3.63) is 89.2 Å². The molecule has 6 rings (SSSR count). The van der Waals surface area contributed by atoms with Crippen molar-refractivity contribution in [3.8, 4) is 11.1 Å². The van der Waals surface area contributed by atoms with Gasteiger partial charge in [-0.15, -0.1) is 0 Å². The first-order chi connectivity index (χ1) is 16.0. The van der Waals surface area contributed by atoms with Crippen LogP contribution in [-0.2, 0) is 10.3 Å². The maximum atomic E-state index is 13.3. The van der Waals surface area contributed by atoms with E-state index in [2.05, 4.69) is 41.4 Å². The second-order valence-corrected chi connectivity index (χ2v) is 9.67. The monoisotopic (exact) mass is 440 g/mol. The third kappa shape index (κ3) is 3.25. The normalized spacial score (nSPS) is 25.6. The molecule has 1 N–H and O–H groups in total. The summed E-state index contributed by atoms with van der Waals surface area (Å²) in [7, 11) is 0. The van der Waals surface area contributed by atoms with Crippen LogP contribution in [0.1, 0.15) is 54.0 Å². The highest BCUT2D eigenvalue weighted by Gasteiger charge is 2.51. The lowest BCUT2D eigenvalue weighted by Crippen LogP contribution is -2.52. The number of aryl methyl sites for hydroxylation is 1. The van der Waals surface area contributed by atoms with Crippen LogP contribution < -0.4 is 0 Å². The number of pyridine rings is 1. The molecular formula is C28H28N2O3. The second-order valence-electron chi connectivity index (χ2n) is 9.67. The standard InChI is InChI=1S/C28H28N2O3/c1-18-26(11-6-14-29-18)28(32)15-19-12-13-20(16-28)30(19)27(31)33-17-25-23-9-4-2-7-21(23)22-8-3-5-10-24(22)25/h2-11,14,19-20,25,32H,12-13,15-17H2,1H3. The Morgan fingerprint density at radius 1 is 1.00 bits per heavy atom. The molecule has 3 heterocycles. The van der Waals surface area contributed by atoms with E-state index < -0.39 is 5.60 Å². The van der Waals surface area contributed by atoms with Crippen LogP contribution in [0.5, 0.6) is 0 Å². The average Bonchev–Trinajstić information content (AvgIpc) is 3.30. The molecule has 3 aromatic rings. The van der Waals surface area contributed by atoms with Crippen molar-refractivity contribution < 1.29 is 14.6 Å². The molecular weight excluding hydrogens is 412 g/mol. The number of ether oxygens (including phenoxy) is 1. The van der Waals surface area contributed by atoms with Gasteiger partial charge in [-0.3, -0.25) is 4.98 Å². The number of carbonyl (C=O) groups excluding carboxylic acids is 1. The van der Waals surface area contributed by atoms with Crippen molar-refractivity contribution in [2.75, 3.05) is 6.61 Å². The first-order valence-electron chi connectivity index (χ1n) is 11.8. The van der Waals surface area contributed by atoms with E-state index >= 15 is 0 Å². The van der Waals surface area contributed by atoms with E-state index in [0.717, 1.165) is 24.1 Å². The second kappa shape index (κ2) is 7.70. The Kier molecular flexibility index (Phi) is 4.77. The van der Waals surface area contributed by atoms with Gasteiger partial charge in [-0.05, 0) is 48.1 Å². The molecule has 2 unspecified atom stereocenters. The fraction of sp³-hybridized carbons (Fsp3) is 0.357. The highest BCUT2D eigenvalue weighted by atomic mass is 16.6. The largest absolute Gasteiger partial charge is 0.448 e. The number of aromatic nitrogens is 1. The van der Waals surface area contributed by atoms with E-state index in [9.17, 15) is 9.90 Å².